The number of carbonyl (C=O) groups is 1. The number of carbonyl (C=O) groups excluding carboxylic acids is 1. The van der Waals surface area contributed by atoms with Crippen LogP contribution in [0.5, 0.6) is 0 Å². The van der Waals surface area contributed by atoms with Gasteiger partial charge in [-0.2, -0.15) is 0 Å². The lowest BCUT2D eigenvalue weighted by Gasteiger charge is -2.13. The highest BCUT2D eigenvalue weighted by Crippen LogP contribution is 2.22. The van der Waals surface area contributed by atoms with Crippen LogP contribution in [0.4, 0.5) is 0 Å². The van der Waals surface area contributed by atoms with Crippen molar-refractivity contribution in [2.75, 3.05) is 0 Å². The molecule has 6 nitrogen and oxygen atoms in total. The number of nitrogens with one attached hydrogen (secondary N) is 1. The summed E-state index contributed by atoms with van der Waals surface area (Å²) >= 11 is 0. The third kappa shape index (κ3) is 2.22. The normalized spacial score (nSPS) is 14.1. The predicted molar refractivity (Wildman–Crippen MR) is 73.1 cm³/mol. The zero-order valence-corrected chi connectivity index (χ0v) is 11.5. The number of nitrogens with zero attached hydrogens (tertiary/aromatic N) is 2. The van der Waals surface area contributed by atoms with Gasteiger partial charge in [0.05, 0.1) is 18.6 Å². The summed E-state index contributed by atoms with van der Waals surface area (Å²) in [7, 11) is 0. The number of amides is 1. The highest BCUT2D eigenvalue weighted by atomic mass is 16.4. The molecule has 2 aromatic rings. The smallest absolute Gasteiger partial charge is 0.301 e. The van der Waals surface area contributed by atoms with Crippen molar-refractivity contribution in [2.45, 2.75) is 39.2 Å². The summed E-state index contributed by atoms with van der Waals surface area (Å²) in [6.45, 7) is 2.43. The number of rotatable bonds is 3. The van der Waals surface area contributed by atoms with Gasteiger partial charge in [-0.3, -0.25) is 10.2 Å². The number of nitrogens with two attached hydrogens (primary N) is 1. The Morgan fingerprint density at radius 3 is 3.10 bits per heavy atom. The van der Waals surface area contributed by atoms with E-state index >= 15 is 0 Å². The first-order valence-corrected chi connectivity index (χ1v) is 6.82. The fourth-order valence-electron chi connectivity index (χ4n) is 2.75. The van der Waals surface area contributed by atoms with E-state index in [4.69, 9.17) is 10.3 Å². The van der Waals surface area contributed by atoms with Crippen molar-refractivity contribution < 1.29 is 9.21 Å². The molecule has 6 heteroatoms. The van der Waals surface area contributed by atoms with Crippen molar-refractivity contribution in [3.8, 4) is 0 Å². The van der Waals surface area contributed by atoms with Gasteiger partial charge in [0.15, 0.2) is 5.76 Å². The second kappa shape index (κ2) is 5.13. The van der Waals surface area contributed by atoms with Gasteiger partial charge in [0.25, 0.3) is 0 Å². The molecule has 0 aliphatic heterocycles. The lowest BCUT2D eigenvalue weighted by Crippen LogP contribution is -2.30. The molecule has 1 aliphatic rings. The zero-order valence-electron chi connectivity index (χ0n) is 11.5. The number of furan rings is 1. The van der Waals surface area contributed by atoms with Crippen molar-refractivity contribution >= 4 is 5.91 Å². The number of imidazole rings is 1. The van der Waals surface area contributed by atoms with Gasteiger partial charge in [-0.05, 0) is 38.7 Å². The van der Waals surface area contributed by atoms with Crippen LogP contribution >= 0.6 is 0 Å². The van der Waals surface area contributed by atoms with Crippen molar-refractivity contribution in [1.29, 1.82) is 0 Å². The molecule has 0 fully saturated rings. The summed E-state index contributed by atoms with van der Waals surface area (Å²) in [5, 5.41) is 0. The summed E-state index contributed by atoms with van der Waals surface area (Å²) in [4.78, 5) is 16.0. The van der Waals surface area contributed by atoms with Gasteiger partial charge in [-0.15, -0.1) is 0 Å². The largest absolute Gasteiger partial charge is 0.454 e. The summed E-state index contributed by atoms with van der Waals surface area (Å²) in [6.07, 6.45) is 6.39. The molecule has 0 unspecified atom stereocenters. The molecule has 2 aromatic heterocycles. The summed E-state index contributed by atoms with van der Waals surface area (Å²) < 4.78 is 7.70. The van der Waals surface area contributed by atoms with Crippen LogP contribution in [0.1, 0.15) is 46.1 Å². The van der Waals surface area contributed by atoms with Gasteiger partial charge < -0.3 is 8.98 Å². The van der Waals surface area contributed by atoms with Crippen molar-refractivity contribution in [3.63, 3.8) is 0 Å². The maximum atomic E-state index is 11.5. The van der Waals surface area contributed by atoms with E-state index < -0.39 is 5.91 Å². The minimum Gasteiger partial charge on any atom is -0.454 e. The van der Waals surface area contributed by atoms with Crippen molar-refractivity contribution in [2.24, 2.45) is 5.84 Å². The fraction of sp³-hybridized carbons (Fsp3) is 0.429. The molecule has 0 saturated carbocycles. The van der Waals surface area contributed by atoms with Crippen LogP contribution in [0.15, 0.2) is 16.8 Å². The second-order valence-electron chi connectivity index (χ2n) is 5.17. The number of aryl methyl sites for hydroxylation is 2. The van der Waals surface area contributed by atoms with E-state index in [0.717, 1.165) is 24.2 Å². The minimum absolute atomic E-state index is 0.275. The Labute approximate surface area is 116 Å². The fourth-order valence-corrected chi connectivity index (χ4v) is 2.75. The lowest BCUT2D eigenvalue weighted by molar-refractivity contribution is 0.0923. The Hall–Kier alpha value is -2.08. The molecule has 106 valence electrons. The van der Waals surface area contributed by atoms with Gasteiger partial charge in [0, 0.05) is 11.3 Å². The van der Waals surface area contributed by atoms with Gasteiger partial charge in [0.2, 0.25) is 0 Å². The topological polar surface area (TPSA) is 86.1 Å². The first kappa shape index (κ1) is 12.9. The average molecular weight is 274 g/mol. The molecular weight excluding hydrogens is 256 g/mol. The Balaban J connectivity index is 1.85. The molecule has 0 saturated heterocycles. The summed E-state index contributed by atoms with van der Waals surface area (Å²) in [5.41, 5.74) is 5.36. The van der Waals surface area contributed by atoms with E-state index in [9.17, 15) is 4.79 Å². The van der Waals surface area contributed by atoms with Crippen LogP contribution in [0.25, 0.3) is 0 Å². The Bertz CT molecular complexity index is 642. The molecule has 1 aliphatic carbocycles. The van der Waals surface area contributed by atoms with Crippen LogP contribution in [0.2, 0.25) is 0 Å². The molecule has 0 aromatic carbocycles. The van der Waals surface area contributed by atoms with E-state index in [1.54, 1.807) is 0 Å². The molecule has 20 heavy (non-hydrogen) atoms. The Kier molecular flexibility index (Phi) is 3.31. The van der Waals surface area contributed by atoms with E-state index in [0.29, 0.717) is 6.54 Å². The number of fused-ring (bicyclic) bond motifs is 1. The molecule has 1 amide bonds. The third-order valence-corrected chi connectivity index (χ3v) is 3.74. The monoisotopic (exact) mass is 274 g/mol. The van der Waals surface area contributed by atoms with Gasteiger partial charge in [-0.1, -0.05) is 0 Å². The first-order chi connectivity index (χ1) is 9.69. The van der Waals surface area contributed by atoms with E-state index in [2.05, 4.69) is 15.0 Å². The molecular formula is C14H18N4O2. The summed E-state index contributed by atoms with van der Waals surface area (Å²) in [5.74, 6) is 5.75. The second-order valence-corrected chi connectivity index (χ2v) is 5.17. The average Bonchev–Trinajstić information content (AvgIpc) is 3.03. The van der Waals surface area contributed by atoms with E-state index in [-0.39, 0.29) is 5.76 Å². The maximum absolute atomic E-state index is 11.5. The molecule has 0 spiro atoms. The Morgan fingerprint density at radius 2 is 2.30 bits per heavy atom. The van der Waals surface area contributed by atoms with Gasteiger partial charge >= 0.3 is 5.91 Å². The van der Waals surface area contributed by atoms with Crippen molar-refractivity contribution in [3.05, 3.63) is 40.9 Å². The number of hydrogen-bond acceptors (Lipinski definition) is 4. The lowest BCUT2D eigenvalue weighted by atomic mass is 10.0. The van der Waals surface area contributed by atoms with E-state index in [1.165, 1.54) is 24.2 Å². The van der Waals surface area contributed by atoms with Crippen LogP contribution < -0.4 is 11.3 Å². The molecule has 3 rings (SSSR count). The quantitative estimate of drug-likeness (QED) is 0.502. The molecule has 0 atom stereocenters. The maximum Gasteiger partial charge on any atom is 0.301 e. The van der Waals surface area contributed by atoms with E-state index in [1.807, 2.05) is 19.3 Å². The number of hydrazine groups is 1. The SMILES string of the molecule is Cc1cc(Cn2cnc3c2CCCC3)oc1C(=O)NN. The number of hydrogen-bond donors (Lipinski definition) is 2. The molecule has 3 N–H and O–H groups in total. The first-order valence-electron chi connectivity index (χ1n) is 6.82. The van der Waals surface area contributed by atoms with Crippen LogP contribution in [-0.4, -0.2) is 15.5 Å². The predicted octanol–water partition coefficient (Wildman–Crippen LogP) is 1.32. The molecule has 0 radical (unpaired) electrons. The van der Waals surface area contributed by atoms with Crippen LogP contribution in [0.3, 0.4) is 0 Å². The third-order valence-electron chi connectivity index (χ3n) is 3.74. The summed E-state index contributed by atoms with van der Waals surface area (Å²) in [6, 6.07) is 1.87. The number of aromatic nitrogens is 2. The Morgan fingerprint density at radius 1 is 1.50 bits per heavy atom. The van der Waals surface area contributed by atoms with Gasteiger partial charge in [0.1, 0.15) is 5.76 Å². The van der Waals surface area contributed by atoms with Gasteiger partial charge in [-0.25, -0.2) is 10.8 Å². The van der Waals surface area contributed by atoms with Crippen molar-refractivity contribution in [1.82, 2.24) is 15.0 Å². The molecule has 2 heterocycles. The minimum atomic E-state index is -0.401. The molecule has 0 bridgehead atoms. The van der Waals surface area contributed by atoms with Crippen LogP contribution in [0, 0.1) is 6.92 Å². The number of nitrogen functional groups attached to an aromatic ring is 1. The highest BCUT2D eigenvalue weighted by Gasteiger charge is 2.18. The standard InChI is InChI=1S/C14H18N4O2/c1-9-6-10(20-13(9)14(19)17-15)7-18-8-16-11-4-2-3-5-12(11)18/h6,8H,2-5,7,15H2,1H3,(H,17,19). The zero-order chi connectivity index (χ0) is 14.1. The highest BCUT2D eigenvalue weighted by molar-refractivity contribution is 5.92. The van der Waals surface area contributed by atoms with Crippen LogP contribution in [-0.2, 0) is 19.4 Å².